The van der Waals surface area contributed by atoms with Crippen molar-refractivity contribution in [1.82, 2.24) is 0 Å². The second-order valence-corrected chi connectivity index (χ2v) is 5.28. The summed E-state index contributed by atoms with van der Waals surface area (Å²) in [5, 5.41) is 6.66. The number of amides is 1. The third kappa shape index (κ3) is 5.03. The van der Waals surface area contributed by atoms with Gasteiger partial charge in [0, 0.05) is 5.69 Å². The minimum atomic E-state index is -3.83. The van der Waals surface area contributed by atoms with E-state index in [2.05, 4.69) is 10.0 Å². The molecule has 0 aromatic heterocycles. The molecule has 1 atom stereocenters. The number of nitrogens with two attached hydrogens (primary N) is 1. The predicted octanol–water partition coefficient (Wildman–Crippen LogP) is 0.868. The maximum absolute atomic E-state index is 11.3. The van der Waals surface area contributed by atoms with Crippen molar-refractivity contribution in [2.45, 2.75) is 12.3 Å². The zero-order chi connectivity index (χ0) is 13.1. The number of benzene rings is 1. The van der Waals surface area contributed by atoms with E-state index in [0.29, 0.717) is 5.69 Å². The molecule has 0 spiro atoms. The molecule has 0 heterocycles. The van der Waals surface area contributed by atoms with Gasteiger partial charge in [0.15, 0.2) is 0 Å². The van der Waals surface area contributed by atoms with Crippen molar-refractivity contribution in [2.75, 3.05) is 10.0 Å². The van der Waals surface area contributed by atoms with Gasteiger partial charge in [0.05, 0.1) is 5.69 Å². The highest BCUT2D eigenvalue weighted by Crippen LogP contribution is 2.16. The molecule has 0 aliphatic rings. The van der Waals surface area contributed by atoms with Crippen LogP contribution in [-0.2, 0) is 15.0 Å². The molecule has 0 saturated carbocycles. The van der Waals surface area contributed by atoms with Gasteiger partial charge in [0.1, 0.15) is 5.38 Å². The van der Waals surface area contributed by atoms with Crippen LogP contribution in [0, 0.1) is 0 Å². The molecule has 0 saturated heterocycles. The van der Waals surface area contributed by atoms with Crippen molar-refractivity contribution in [3.8, 4) is 0 Å². The standard InChI is InChI=1S/C9H12ClN3O3S/c1-6(10)9(14)12-7-3-2-4-8(5-7)13-17(11,15)16/h2-6,13H,1H3,(H,12,14)(H2,11,15,16). The summed E-state index contributed by atoms with van der Waals surface area (Å²) in [6, 6.07) is 6.11. The molecule has 6 nitrogen and oxygen atoms in total. The lowest BCUT2D eigenvalue weighted by molar-refractivity contribution is -0.115. The Bertz CT molecular complexity index is 516. The molecule has 8 heteroatoms. The molecule has 0 aliphatic heterocycles. The third-order valence-corrected chi connectivity index (χ3v) is 2.47. The number of hydrogen-bond donors (Lipinski definition) is 3. The summed E-state index contributed by atoms with van der Waals surface area (Å²) >= 11 is 5.58. The molecular formula is C9H12ClN3O3S. The fourth-order valence-corrected chi connectivity index (χ4v) is 1.58. The van der Waals surface area contributed by atoms with Crippen molar-refractivity contribution in [3.05, 3.63) is 24.3 Å². The van der Waals surface area contributed by atoms with E-state index in [9.17, 15) is 13.2 Å². The monoisotopic (exact) mass is 277 g/mol. The molecule has 1 aromatic rings. The van der Waals surface area contributed by atoms with Crippen LogP contribution < -0.4 is 15.2 Å². The smallest absolute Gasteiger partial charge is 0.296 e. The molecule has 1 rings (SSSR count). The molecule has 94 valence electrons. The lowest BCUT2D eigenvalue weighted by Gasteiger charge is -2.08. The van der Waals surface area contributed by atoms with Crippen LogP contribution in [-0.4, -0.2) is 19.7 Å². The number of nitrogens with one attached hydrogen (secondary N) is 2. The molecule has 0 aliphatic carbocycles. The fraction of sp³-hybridized carbons (Fsp3) is 0.222. The van der Waals surface area contributed by atoms with Gasteiger partial charge in [0.2, 0.25) is 5.91 Å². The zero-order valence-electron chi connectivity index (χ0n) is 8.98. The van der Waals surface area contributed by atoms with Crippen LogP contribution in [0.4, 0.5) is 11.4 Å². The van der Waals surface area contributed by atoms with E-state index in [-0.39, 0.29) is 11.6 Å². The van der Waals surface area contributed by atoms with Crippen LogP contribution in [0.15, 0.2) is 24.3 Å². The molecule has 1 unspecified atom stereocenters. The van der Waals surface area contributed by atoms with E-state index in [1.807, 2.05) is 0 Å². The maximum Gasteiger partial charge on any atom is 0.296 e. The molecule has 17 heavy (non-hydrogen) atoms. The lowest BCUT2D eigenvalue weighted by Crippen LogP contribution is -2.22. The minimum Gasteiger partial charge on any atom is -0.325 e. The van der Waals surface area contributed by atoms with Crippen molar-refractivity contribution in [3.63, 3.8) is 0 Å². The van der Waals surface area contributed by atoms with E-state index in [1.54, 1.807) is 12.1 Å². The SMILES string of the molecule is CC(Cl)C(=O)Nc1cccc(NS(N)(=O)=O)c1. The van der Waals surface area contributed by atoms with E-state index < -0.39 is 15.6 Å². The maximum atomic E-state index is 11.3. The van der Waals surface area contributed by atoms with Crippen molar-refractivity contribution >= 4 is 39.1 Å². The predicted molar refractivity (Wildman–Crippen MR) is 67.1 cm³/mol. The number of rotatable bonds is 4. The van der Waals surface area contributed by atoms with Crippen LogP contribution in [0.25, 0.3) is 0 Å². The molecule has 0 radical (unpaired) electrons. The molecule has 0 bridgehead atoms. The summed E-state index contributed by atoms with van der Waals surface area (Å²) in [6.07, 6.45) is 0. The normalized spacial score (nSPS) is 12.9. The Labute approximate surface area is 104 Å². The Morgan fingerprint density at radius 1 is 1.41 bits per heavy atom. The first-order valence-corrected chi connectivity index (χ1v) is 6.62. The minimum absolute atomic E-state index is 0.257. The zero-order valence-corrected chi connectivity index (χ0v) is 10.5. The number of alkyl halides is 1. The first kappa shape index (κ1) is 13.8. The average molecular weight is 278 g/mol. The van der Waals surface area contributed by atoms with E-state index >= 15 is 0 Å². The largest absolute Gasteiger partial charge is 0.325 e. The highest BCUT2D eigenvalue weighted by atomic mass is 35.5. The summed E-state index contributed by atoms with van der Waals surface area (Å²) in [5.41, 5.74) is 0.684. The van der Waals surface area contributed by atoms with Gasteiger partial charge < -0.3 is 5.32 Å². The summed E-state index contributed by atoms with van der Waals surface area (Å²) < 4.78 is 23.7. The van der Waals surface area contributed by atoms with E-state index in [1.165, 1.54) is 19.1 Å². The van der Waals surface area contributed by atoms with Gasteiger partial charge in [-0.2, -0.15) is 8.42 Å². The number of hydrogen-bond acceptors (Lipinski definition) is 3. The quantitative estimate of drug-likeness (QED) is 0.712. The van der Waals surface area contributed by atoms with Crippen molar-refractivity contribution in [2.24, 2.45) is 5.14 Å². The van der Waals surface area contributed by atoms with Gasteiger partial charge in [-0.25, -0.2) is 5.14 Å². The van der Waals surface area contributed by atoms with Gasteiger partial charge in [-0.1, -0.05) is 6.07 Å². The Balaban J connectivity index is 2.83. The summed E-state index contributed by atoms with van der Waals surface area (Å²) in [4.78, 5) is 11.3. The number of carbonyl (C=O) groups excluding carboxylic acids is 1. The lowest BCUT2D eigenvalue weighted by atomic mass is 10.3. The summed E-state index contributed by atoms with van der Waals surface area (Å²) in [6.45, 7) is 1.53. The Kier molecular flexibility index (Phi) is 4.33. The molecule has 4 N–H and O–H groups in total. The van der Waals surface area contributed by atoms with Crippen molar-refractivity contribution in [1.29, 1.82) is 0 Å². The number of carbonyl (C=O) groups is 1. The Morgan fingerprint density at radius 3 is 2.53 bits per heavy atom. The van der Waals surface area contributed by atoms with E-state index in [4.69, 9.17) is 16.7 Å². The van der Waals surface area contributed by atoms with Gasteiger partial charge in [-0.15, -0.1) is 11.6 Å². The molecule has 0 fully saturated rings. The summed E-state index contributed by atoms with van der Waals surface area (Å²) in [7, 11) is -3.83. The highest BCUT2D eigenvalue weighted by molar-refractivity contribution is 7.90. The average Bonchev–Trinajstić information content (AvgIpc) is 2.15. The van der Waals surface area contributed by atoms with Crippen LogP contribution in [0.3, 0.4) is 0 Å². The van der Waals surface area contributed by atoms with Crippen LogP contribution in [0.1, 0.15) is 6.92 Å². The fourth-order valence-electron chi connectivity index (χ4n) is 1.07. The van der Waals surface area contributed by atoms with Crippen LogP contribution >= 0.6 is 11.6 Å². The molecule has 1 amide bonds. The van der Waals surface area contributed by atoms with Gasteiger partial charge in [-0.3, -0.25) is 9.52 Å². The van der Waals surface area contributed by atoms with Gasteiger partial charge in [0.25, 0.3) is 10.2 Å². The first-order chi connectivity index (χ1) is 7.78. The van der Waals surface area contributed by atoms with Crippen LogP contribution in [0.5, 0.6) is 0 Å². The van der Waals surface area contributed by atoms with Gasteiger partial charge >= 0.3 is 0 Å². The number of halogens is 1. The highest BCUT2D eigenvalue weighted by Gasteiger charge is 2.09. The van der Waals surface area contributed by atoms with Crippen molar-refractivity contribution < 1.29 is 13.2 Å². The van der Waals surface area contributed by atoms with Gasteiger partial charge in [-0.05, 0) is 25.1 Å². The Morgan fingerprint density at radius 2 is 2.00 bits per heavy atom. The van der Waals surface area contributed by atoms with Crippen LogP contribution in [0.2, 0.25) is 0 Å². The second kappa shape index (κ2) is 5.35. The molecular weight excluding hydrogens is 266 g/mol. The first-order valence-electron chi connectivity index (χ1n) is 4.63. The second-order valence-electron chi connectivity index (χ2n) is 3.33. The summed E-state index contributed by atoms with van der Waals surface area (Å²) in [5.74, 6) is -0.376. The molecule has 1 aromatic carbocycles. The number of anilines is 2. The Hall–Kier alpha value is -1.31. The third-order valence-electron chi connectivity index (χ3n) is 1.75. The van der Waals surface area contributed by atoms with E-state index in [0.717, 1.165) is 0 Å². The topological polar surface area (TPSA) is 101 Å².